The molecule has 0 fully saturated rings. The van der Waals surface area contributed by atoms with Crippen molar-refractivity contribution in [2.75, 3.05) is 6.61 Å². The minimum absolute atomic E-state index is 0.0415. The molecule has 0 aromatic carbocycles. The average Bonchev–Trinajstić information content (AvgIpc) is 2.14. The van der Waals surface area contributed by atoms with E-state index in [4.69, 9.17) is 16.6 Å². The number of nitrogens with one attached hydrogen (secondary N) is 1. The van der Waals surface area contributed by atoms with Gasteiger partial charge in [0.25, 0.3) is 0 Å². The highest BCUT2D eigenvalue weighted by Crippen LogP contribution is 1.94. The number of aliphatic hydroxyl groups is 1. The third-order valence-electron chi connectivity index (χ3n) is 1.52. The Morgan fingerprint density at radius 2 is 2.14 bits per heavy atom. The molecule has 14 heavy (non-hydrogen) atoms. The molecule has 0 aliphatic rings. The largest absolute Gasteiger partial charge is 0.480 e. The Labute approximate surface area is 82.1 Å². The molecule has 5 nitrogen and oxygen atoms in total. The Morgan fingerprint density at radius 1 is 1.50 bits per heavy atom. The van der Waals surface area contributed by atoms with E-state index in [0.717, 1.165) is 0 Å². The third kappa shape index (κ3) is 5.17. The summed E-state index contributed by atoms with van der Waals surface area (Å²) in [5.74, 6) is 0.598. The molecule has 1 amide bonds. The lowest BCUT2D eigenvalue weighted by atomic mass is 10.2. The number of hydrogen-bond donors (Lipinski definition) is 3. The van der Waals surface area contributed by atoms with Gasteiger partial charge in [-0.2, -0.15) is 0 Å². The number of terminal acetylenes is 1. The van der Waals surface area contributed by atoms with E-state index in [2.05, 4.69) is 11.2 Å². The van der Waals surface area contributed by atoms with Gasteiger partial charge in [0, 0.05) is 19.4 Å². The molecule has 0 aromatic rings. The van der Waals surface area contributed by atoms with Gasteiger partial charge in [0.15, 0.2) is 0 Å². The third-order valence-corrected chi connectivity index (χ3v) is 1.52. The molecule has 0 heterocycles. The lowest BCUT2D eigenvalue weighted by Crippen LogP contribution is -2.40. The maximum atomic E-state index is 11.0. The highest BCUT2D eigenvalue weighted by atomic mass is 16.4. The molecule has 0 aromatic heterocycles. The molecule has 5 heteroatoms. The van der Waals surface area contributed by atoms with E-state index in [0.29, 0.717) is 6.42 Å². The van der Waals surface area contributed by atoms with E-state index >= 15 is 0 Å². The molecule has 0 saturated carbocycles. The summed E-state index contributed by atoms with van der Waals surface area (Å²) >= 11 is 0. The number of rotatable bonds is 6. The van der Waals surface area contributed by atoms with Crippen molar-refractivity contribution in [3.8, 4) is 12.3 Å². The molecule has 3 N–H and O–H groups in total. The van der Waals surface area contributed by atoms with Crippen molar-refractivity contribution in [1.82, 2.24) is 5.32 Å². The molecule has 0 rings (SSSR count). The van der Waals surface area contributed by atoms with E-state index < -0.39 is 17.9 Å². The van der Waals surface area contributed by atoms with Gasteiger partial charge in [-0.25, -0.2) is 4.79 Å². The second-order valence-corrected chi connectivity index (χ2v) is 2.69. The Balaban J connectivity index is 3.97. The number of hydrogen-bond acceptors (Lipinski definition) is 3. The van der Waals surface area contributed by atoms with Gasteiger partial charge in [-0.05, 0) is 6.42 Å². The van der Waals surface area contributed by atoms with Crippen molar-refractivity contribution < 1.29 is 19.8 Å². The molecule has 0 spiro atoms. The predicted octanol–water partition coefficient (Wildman–Crippen LogP) is -0.648. The van der Waals surface area contributed by atoms with Crippen molar-refractivity contribution in [2.45, 2.75) is 25.3 Å². The molecular formula is C9H13NO4. The molecular weight excluding hydrogens is 186 g/mol. The van der Waals surface area contributed by atoms with Crippen LogP contribution in [0.2, 0.25) is 0 Å². The molecule has 1 atom stereocenters. The highest BCUT2D eigenvalue weighted by molar-refractivity contribution is 5.83. The first-order valence-electron chi connectivity index (χ1n) is 4.18. The zero-order valence-corrected chi connectivity index (χ0v) is 7.69. The zero-order valence-electron chi connectivity index (χ0n) is 7.69. The van der Waals surface area contributed by atoms with Crippen LogP contribution in [0.3, 0.4) is 0 Å². The molecule has 0 bridgehead atoms. The fourth-order valence-corrected chi connectivity index (χ4v) is 0.824. The second kappa shape index (κ2) is 6.92. The smallest absolute Gasteiger partial charge is 0.327 e. The van der Waals surface area contributed by atoms with Crippen molar-refractivity contribution >= 4 is 11.9 Å². The maximum absolute atomic E-state index is 11.0. The van der Waals surface area contributed by atoms with Crippen LogP contribution in [0.15, 0.2) is 0 Å². The molecule has 0 saturated heterocycles. The van der Waals surface area contributed by atoms with Gasteiger partial charge in [0.2, 0.25) is 5.91 Å². The fourth-order valence-electron chi connectivity index (χ4n) is 0.824. The molecule has 0 aliphatic carbocycles. The maximum Gasteiger partial charge on any atom is 0.327 e. The summed E-state index contributed by atoms with van der Waals surface area (Å²) in [7, 11) is 0. The van der Waals surface area contributed by atoms with Crippen LogP contribution in [0, 0.1) is 12.3 Å². The second-order valence-electron chi connectivity index (χ2n) is 2.69. The van der Waals surface area contributed by atoms with E-state index in [9.17, 15) is 9.59 Å². The average molecular weight is 199 g/mol. The van der Waals surface area contributed by atoms with Gasteiger partial charge < -0.3 is 15.5 Å². The summed E-state index contributed by atoms with van der Waals surface area (Å²) in [5, 5.41) is 19.3. The Morgan fingerprint density at radius 3 is 2.57 bits per heavy atom. The van der Waals surface area contributed by atoms with Crippen LogP contribution < -0.4 is 5.32 Å². The van der Waals surface area contributed by atoms with Gasteiger partial charge in [0.1, 0.15) is 6.04 Å². The minimum atomic E-state index is -1.15. The van der Waals surface area contributed by atoms with E-state index in [-0.39, 0.29) is 19.4 Å². The van der Waals surface area contributed by atoms with Crippen LogP contribution >= 0.6 is 0 Å². The lowest BCUT2D eigenvalue weighted by Gasteiger charge is -2.10. The van der Waals surface area contributed by atoms with Crippen LogP contribution in [-0.4, -0.2) is 34.7 Å². The molecule has 0 aliphatic heterocycles. The molecule has 78 valence electrons. The normalized spacial score (nSPS) is 11.4. The van der Waals surface area contributed by atoms with Crippen LogP contribution in [0.1, 0.15) is 19.3 Å². The standard InChI is InChI=1S/C9H13NO4/c1-2-4-7(9(13)14)10-8(12)5-3-6-11/h1,7,11H,3-6H2,(H,10,12)(H,13,14)/t7-/m0/s1. The van der Waals surface area contributed by atoms with Crippen LogP contribution in [0.4, 0.5) is 0 Å². The Kier molecular flexibility index (Phi) is 6.16. The fraction of sp³-hybridized carbons (Fsp3) is 0.556. The van der Waals surface area contributed by atoms with Crippen LogP contribution in [0.25, 0.3) is 0 Å². The Bertz CT molecular complexity index is 244. The van der Waals surface area contributed by atoms with Gasteiger partial charge in [-0.3, -0.25) is 4.79 Å². The van der Waals surface area contributed by atoms with Crippen molar-refractivity contribution in [1.29, 1.82) is 0 Å². The van der Waals surface area contributed by atoms with E-state index in [1.165, 1.54) is 0 Å². The topological polar surface area (TPSA) is 86.6 Å². The summed E-state index contributed by atoms with van der Waals surface area (Å²) < 4.78 is 0. The molecule has 0 radical (unpaired) electrons. The quantitative estimate of drug-likeness (QED) is 0.496. The predicted molar refractivity (Wildman–Crippen MR) is 49.3 cm³/mol. The van der Waals surface area contributed by atoms with Crippen LogP contribution in [0.5, 0.6) is 0 Å². The highest BCUT2D eigenvalue weighted by Gasteiger charge is 2.17. The molecule has 0 unspecified atom stereocenters. The number of carbonyl (C=O) groups excluding carboxylic acids is 1. The summed E-state index contributed by atoms with van der Waals surface area (Å²) in [6.07, 6.45) is 5.31. The van der Waals surface area contributed by atoms with Gasteiger partial charge in [0.05, 0.1) is 0 Å². The van der Waals surface area contributed by atoms with Crippen molar-refractivity contribution in [3.05, 3.63) is 0 Å². The number of carboxylic acids is 1. The van der Waals surface area contributed by atoms with E-state index in [1.807, 2.05) is 0 Å². The number of aliphatic hydroxyl groups excluding tert-OH is 1. The zero-order chi connectivity index (χ0) is 11.0. The summed E-state index contributed by atoms with van der Waals surface area (Å²) in [6, 6.07) is -1.04. The summed E-state index contributed by atoms with van der Waals surface area (Å²) in [6.45, 7) is -0.0969. The monoisotopic (exact) mass is 199 g/mol. The summed E-state index contributed by atoms with van der Waals surface area (Å²) in [4.78, 5) is 21.6. The Hall–Kier alpha value is -1.54. The van der Waals surface area contributed by atoms with Gasteiger partial charge >= 0.3 is 5.97 Å². The summed E-state index contributed by atoms with van der Waals surface area (Å²) in [5.41, 5.74) is 0. The van der Waals surface area contributed by atoms with Gasteiger partial charge in [-0.1, -0.05) is 0 Å². The van der Waals surface area contributed by atoms with E-state index in [1.54, 1.807) is 0 Å². The number of aliphatic carboxylic acids is 1. The first kappa shape index (κ1) is 12.5. The number of carbonyl (C=O) groups is 2. The van der Waals surface area contributed by atoms with Crippen molar-refractivity contribution in [3.63, 3.8) is 0 Å². The first-order valence-corrected chi connectivity index (χ1v) is 4.18. The van der Waals surface area contributed by atoms with Gasteiger partial charge in [-0.15, -0.1) is 12.3 Å². The lowest BCUT2D eigenvalue weighted by molar-refractivity contribution is -0.141. The number of amides is 1. The van der Waals surface area contributed by atoms with Crippen molar-refractivity contribution in [2.24, 2.45) is 0 Å². The first-order chi connectivity index (χ1) is 6.61. The number of carboxylic acid groups (broad SMARTS) is 1. The SMILES string of the molecule is C#CC[C@H](NC(=O)CCCO)C(=O)O. The minimum Gasteiger partial charge on any atom is -0.480 e. The van der Waals surface area contributed by atoms with Crippen LogP contribution in [-0.2, 0) is 9.59 Å².